The summed E-state index contributed by atoms with van der Waals surface area (Å²) < 4.78 is 5.88. The van der Waals surface area contributed by atoms with Crippen molar-refractivity contribution in [1.82, 2.24) is 0 Å². The molecular weight excluding hydrogens is 238 g/mol. The molecule has 0 fully saturated rings. The number of hydrogen-bond acceptors (Lipinski definition) is 3. The molecule has 0 aliphatic carbocycles. The molecular formula is C16H13NO2. The summed E-state index contributed by atoms with van der Waals surface area (Å²) in [6.45, 7) is 1.28. The molecule has 0 atom stereocenters. The molecule has 2 aliphatic heterocycles. The van der Waals surface area contributed by atoms with Gasteiger partial charge in [-0.05, 0) is 18.2 Å². The van der Waals surface area contributed by atoms with E-state index in [1.807, 2.05) is 30.3 Å². The summed E-state index contributed by atoms with van der Waals surface area (Å²) in [4.78, 5) is 14.3. The van der Waals surface area contributed by atoms with E-state index in [1.54, 1.807) is 0 Å². The zero-order chi connectivity index (χ0) is 12.8. The molecule has 19 heavy (non-hydrogen) atoms. The Labute approximate surface area is 111 Å². The number of hydrogen-bond donors (Lipinski definition) is 0. The topological polar surface area (TPSA) is 29.5 Å². The molecule has 2 aromatic carbocycles. The van der Waals surface area contributed by atoms with Crippen LogP contribution in [0.15, 0.2) is 42.5 Å². The maximum absolute atomic E-state index is 12.1. The van der Waals surface area contributed by atoms with E-state index >= 15 is 0 Å². The third-order valence-electron chi connectivity index (χ3n) is 3.80. The van der Waals surface area contributed by atoms with Crippen molar-refractivity contribution >= 4 is 17.2 Å². The maximum atomic E-state index is 12.1. The Hall–Kier alpha value is -2.29. The van der Waals surface area contributed by atoms with E-state index in [9.17, 15) is 4.79 Å². The zero-order valence-electron chi connectivity index (χ0n) is 10.4. The number of ether oxygens (including phenoxy) is 1. The first-order chi connectivity index (χ1) is 9.34. The van der Waals surface area contributed by atoms with Crippen LogP contribution >= 0.6 is 0 Å². The van der Waals surface area contributed by atoms with Crippen LogP contribution in [0.4, 0.5) is 11.4 Å². The Kier molecular flexibility index (Phi) is 2.15. The molecule has 0 spiro atoms. The van der Waals surface area contributed by atoms with Gasteiger partial charge in [-0.25, -0.2) is 0 Å². The first-order valence-electron chi connectivity index (χ1n) is 6.49. The van der Waals surface area contributed by atoms with Crippen molar-refractivity contribution < 1.29 is 9.53 Å². The number of carbonyl (C=O) groups is 1. The fourth-order valence-electron chi connectivity index (χ4n) is 2.89. The molecule has 3 nitrogen and oxygen atoms in total. The van der Waals surface area contributed by atoms with Gasteiger partial charge in [-0.1, -0.05) is 24.3 Å². The quantitative estimate of drug-likeness (QED) is 0.719. The highest BCUT2D eigenvalue weighted by molar-refractivity contribution is 6.06. The van der Waals surface area contributed by atoms with Gasteiger partial charge in [-0.15, -0.1) is 0 Å². The van der Waals surface area contributed by atoms with Crippen LogP contribution in [0.1, 0.15) is 22.3 Å². The van der Waals surface area contributed by atoms with Crippen molar-refractivity contribution in [1.29, 1.82) is 0 Å². The zero-order valence-corrected chi connectivity index (χ0v) is 10.4. The molecule has 0 N–H and O–H groups in total. The Balaban J connectivity index is 2.01. The minimum atomic E-state index is 0.205. The predicted octanol–water partition coefficient (Wildman–Crippen LogP) is 3.30. The highest BCUT2D eigenvalue weighted by atomic mass is 16.5. The van der Waals surface area contributed by atoms with Crippen molar-refractivity contribution in [2.24, 2.45) is 0 Å². The van der Waals surface area contributed by atoms with Gasteiger partial charge in [0.15, 0.2) is 5.78 Å². The van der Waals surface area contributed by atoms with E-state index in [0.717, 1.165) is 29.2 Å². The van der Waals surface area contributed by atoms with E-state index in [1.165, 1.54) is 5.56 Å². The van der Waals surface area contributed by atoms with Crippen LogP contribution in [0.5, 0.6) is 5.75 Å². The second-order valence-corrected chi connectivity index (χ2v) is 4.89. The molecule has 3 heteroatoms. The van der Waals surface area contributed by atoms with E-state index in [-0.39, 0.29) is 5.78 Å². The van der Waals surface area contributed by atoms with Crippen LogP contribution in [0, 0.1) is 0 Å². The van der Waals surface area contributed by atoms with Gasteiger partial charge in [0.1, 0.15) is 12.4 Å². The van der Waals surface area contributed by atoms with E-state index in [4.69, 9.17) is 4.74 Å². The number of carbonyl (C=O) groups excluding carboxylic acids is 1. The second-order valence-electron chi connectivity index (χ2n) is 4.89. The fourth-order valence-corrected chi connectivity index (χ4v) is 2.89. The van der Waals surface area contributed by atoms with Gasteiger partial charge < -0.3 is 9.64 Å². The van der Waals surface area contributed by atoms with Crippen molar-refractivity contribution in [2.75, 3.05) is 11.4 Å². The number of nitrogens with zero attached hydrogens (tertiary/aromatic N) is 1. The standard InChI is InChI=1S/C16H13NO2/c18-14-8-9-17-13-6-2-1-4-11(13)10-19-15-7-3-5-12(14)16(15)17/h1-7H,8-10H2. The molecule has 0 saturated heterocycles. The van der Waals surface area contributed by atoms with Crippen LogP contribution in [-0.2, 0) is 6.61 Å². The van der Waals surface area contributed by atoms with Gasteiger partial charge in [0, 0.05) is 29.8 Å². The van der Waals surface area contributed by atoms with Gasteiger partial charge in [-0.3, -0.25) is 4.79 Å². The summed E-state index contributed by atoms with van der Waals surface area (Å²) in [6, 6.07) is 14.0. The van der Waals surface area contributed by atoms with Gasteiger partial charge in [0.25, 0.3) is 0 Å². The molecule has 0 amide bonds. The largest absolute Gasteiger partial charge is 0.487 e. The fraction of sp³-hybridized carbons (Fsp3) is 0.188. The lowest BCUT2D eigenvalue weighted by molar-refractivity contribution is 0.0981. The number of rotatable bonds is 0. The average Bonchev–Trinajstić information content (AvgIpc) is 2.62. The lowest BCUT2D eigenvalue weighted by Crippen LogP contribution is -2.28. The second kappa shape index (κ2) is 3.85. The molecule has 0 saturated carbocycles. The lowest BCUT2D eigenvalue weighted by Gasteiger charge is -2.30. The normalized spacial score (nSPS) is 16.2. The van der Waals surface area contributed by atoms with Gasteiger partial charge in [0.2, 0.25) is 0 Å². The Morgan fingerprint density at radius 1 is 1.05 bits per heavy atom. The van der Waals surface area contributed by atoms with E-state index in [2.05, 4.69) is 17.0 Å². The lowest BCUT2D eigenvalue weighted by atomic mass is 9.98. The molecule has 94 valence electrons. The van der Waals surface area contributed by atoms with Crippen LogP contribution in [-0.4, -0.2) is 12.3 Å². The van der Waals surface area contributed by atoms with Crippen LogP contribution in [0.25, 0.3) is 0 Å². The summed E-state index contributed by atoms with van der Waals surface area (Å²) in [6.07, 6.45) is 0.560. The van der Waals surface area contributed by atoms with E-state index < -0.39 is 0 Å². The molecule has 2 aromatic rings. The van der Waals surface area contributed by atoms with Crippen molar-refractivity contribution in [2.45, 2.75) is 13.0 Å². The summed E-state index contributed by atoms with van der Waals surface area (Å²) >= 11 is 0. The van der Waals surface area contributed by atoms with Crippen LogP contribution in [0.2, 0.25) is 0 Å². The molecule has 2 heterocycles. The highest BCUT2D eigenvalue weighted by Crippen LogP contribution is 2.44. The third kappa shape index (κ3) is 1.48. The summed E-state index contributed by atoms with van der Waals surface area (Å²) in [5.74, 6) is 1.01. The molecule has 2 aliphatic rings. The smallest absolute Gasteiger partial charge is 0.166 e. The number of benzene rings is 2. The Bertz CT molecular complexity index is 678. The SMILES string of the molecule is O=C1CCN2c3ccccc3COc3cccc1c32. The number of anilines is 2. The Morgan fingerprint density at radius 3 is 2.89 bits per heavy atom. The molecule has 0 bridgehead atoms. The van der Waals surface area contributed by atoms with Crippen molar-refractivity contribution in [3.05, 3.63) is 53.6 Å². The number of Topliss-reactive ketones (excluding diaryl/α,β-unsaturated/α-hetero) is 1. The number of ketones is 1. The van der Waals surface area contributed by atoms with Gasteiger partial charge in [-0.2, -0.15) is 0 Å². The molecule has 0 radical (unpaired) electrons. The minimum absolute atomic E-state index is 0.205. The summed E-state index contributed by atoms with van der Waals surface area (Å²) in [7, 11) is 0. The number of fused-ring (bicyclic) bond motifs is 2. The molecule has 0 unspecified atom stereocenters. The molecule has 4 rings (SSSR count). The highest BCUT2D eigenvalue weighted by Gasteiger charge is 2.30. The first kappa shape index (κ1) is 10.6. The maximum Gasteiger partial charge on any atom is 0.166 e. The van der Waals surface area contributed by atoms with E-state index in [0.29, 0.717) is 13.0 Å². The third-order valence-corrected chi connectivity index (χ3v) is 3.80. The van der Waals surface area contributed by atoms with Crippen LogP contribution < -0.4 is 9.64 Å². The average molecular weight is 251 g/mol. The van der Waals surface area contributed by atoms with Crippen molar-refractivity contribution in [3.8, 4) is 5.75 Å². The van der Waals surface area contributed by atoms with Crippen molar-refractivity contribution in [3.63, 3.8) is 0 Å². The monoisotopic (exact) mass is 251 g/mol. The number of para-hydroxylation sites is 2. The van der Waals surface area contributed by atoms with Crippen LogP contribution in [0.3, 0.4) is 0 Å². The predicted molar refractivity (Wildman–Crippen MR) is 73.2 cm³/mol. The first-order valence-corrected chi connectivity index (χ1v) is 6.49. The Morgan fingerprint density at radius 2 is 1.95 bits per heavy atom. The summed E-state index contributed by atoms with van der Waals surface area (Å²) in [5, 5.41) is 0. The summed E-state index contributed by atoms with van der Waals surface area (Å²) in [5.41, 5.74) is 4.03. The van der Waals surface area contributed by atoms with Gasteiger partial charge in [0.05, 0.1) is 5.69 Å². The minimum Gasteiger partial charge on any atom is -0.487 e. The molecule has 0 aromatic heterocycles. The van der Waals surface area contributed by atoms with Gasteiger partial charge >= 0.3 is 0 Å².